The van der Waals surface area contributed by atoms with Crippen LogP contribution in [0.3, 0.4) is 0 Å². The normalized spacial score (nSPS) is 10.9. The van der Waals surface area contributed by atoms with Gasteiger partial charge in [0.05, 0.1) is 0 Å². The molecule has 1 aromatic heterocycles. The summed E-state index contributed by atoms with van der Waals surface area (Å²) in [5.41, 5.74) is 2.62. The van der Waals surface area contributed by atoms with Gasteiger partial charge in [-0.25, -0.2) is 0 Å². The van der Waals surface area contributed by atoms with E-state index >= 15 is 0 Å². The summed E-state index contributed by atoms with van der Waals surface area (Å²) in [6.07, 6.45) is 0. The minimum Gasteiger partial charge on any atom is -0.143 e. The van der Waals surface area contributed by atoms with Gasteiger partial charge in [0.2, 0.25) is 0 Å². The van der Waals surface area contributed by atoms with Crippen molar-refractivity contribution in [2.24, 2.45) is 0 Å². The minimum absolute atomic E-state index is 1.12. The van der Waals surface area contributed by atoms with Gasteiger partial charge in [-0.1, -0.05) is 6.07 Å². The van der Waals surface area contributed by atoms with Crippen LogP contribution in [0, 0.1) is 13.8 Å². The highest BCUT2D eigenvalue weighted by molar-refractivity contribution is 7.80. The molecule has 1 aromatic carbocycles. The van der Waals surface area contributed by atoms with E-state index in [2.05, 4.69) is 44.0 Å². The molecule has 2 heteroatoms. The second kappa shape index (κ2) is 2.79. The molecule has 1 heterocycles. The van der Waals surface area contributed by atoms with E-state index in [1.54, 1.807) is 11.3 Å². The Morgan fingerprint density at radius 3 is 2.75 bits per heavy atom. The molecule has 12 heavy (non-hydrogen) atoms. The molecule has 0 saturated carbocycles. The Morgan fingerprint density at radius 2 is 2.00 bits per heavy atom. The molecular weight excluding hydrogens is 184 g/mol. The van der Waals surface area contributed by atoms with Crippen molar-refractivity contribution in [1.29, 1.82) is 0 Å². The zero-order chi connectivity index (χ0) is 8.72. The number of aryl methyl sites for hydroxylation is 2. The van der Waals surface area contributed by atoms with E-state index in [1.165, 1.54) is 21.2 Å². The van der Waals surface area contributed by atoms with Gasteiger partial charge in [-0.3, -0.25) is 0 Å². The van der Waals surface area contributed by atoms with Gasteiger partial charge in [0.15, 0.2) is 0 Å². The SMILES string of the molecule is Cc1cc(C)c2sccc2c1S. The second-order valence-electron chi connectivity index (χ2n) is 3.02. The Morgan fingerprint density at radius 1 is 1.25 bits per heavy atom. The molecule has 0 bridgehead atoms. The van der Waals surface area contributed by atoms with Gasteiger partial charge in [0, 0.05) is 15.0 Å². The smallest absolute Gasteiger partial charge is 0.0383 e. The maximum absolute atomic E-state index is 4.48. The summed E-state index contributed by atoms with van der Waals surface area (Å²) in [6, 6.07) is 4.34. The van der Waals surface area contributed by atoms with Crippen LogP contribution in [0.4, 0.5) is 0 Å². The van der Waals surface area contributed by atoms with Crippen LogP contribution in [-0.2, 0) is 0 Å². The van der Waals surface area contributed by atoms with Crippen LogP contribution >= 0.6 is 24.0 Å². The third kappa shape index (κ3) is 1.06. The predicted octanol–water partition coefficient (Wildman–Crippen LogP) is 3.81. The lowest BCUT2D eigenvalue weighted by Crippen LogP contribution is -1.80. The molecule has 0 atom stereocenters. The van der Waals surface area contributed by atoms with E-state index in [-0.39, 0.29) is 0 Å². The van der Waals surface area contributed by atoms with Crippen LogP contribution in [0.15, 0.2) is 22.4 Å². The van der Waals surface area contributed by atoms with E-state index in [9.17, 15) is 0 Å². The Labute approximate surface area is 81.6 Å². The van der Waals surface area contributed by atoms with Crippen LogP contribution in [0.1, 0.15) is 11.1 Å². The Bertz CT molecular complexity index is 427. The molecule has 0 radical (unpaired) electrons. The number of fused-ring (bicyclic) bond motifs is 1. The molecule has 62 valence electrons. The van der Waals surface area contributed by atoms with Gasteiger partial charge in [-0.05, 0) is 36.4 Å². The van der Waals surface area contributed by atoms with Gasteiger partial charge in [-0.15, -0.1) is 24.0 Å². The highest BCUT2D eigenvalue weighted by Crippen LogP contribution is 2.31. The molecule has 0 amide bonds. The zero-order valence-corrected chi connectivity index (χ0v) is 8.80. The van der Waals surface area contributed by atoms with Gasteiger partial charge < -0.3 is 0 Å². The minimum atomic E-state index is 1.12. The van der Waals surface area contributed by atoms with Crippen LogP contribution in [-0.4, -0.2) is 0 Å². The lowest BCUT2D eigenvalue weighted by Gasteiger charge is -2.03. The van der Waals surface area contributed by atoms with E-state index in [4.69, 9.17) is 0 Å². The summed E-state index contributed by atoms with van der Waals surface area (Å²) in [7, 11) is 0. The third-order valence-corrected chi connectivity index (χ3v) is 3.73. The molecule has 0 aliphatic heterocycles. The Balaban J connectivity index is 2.97. The highest BCUT2D eigenvalue weighted by atomic mass is 32.1. The first-order valence-electron chi connectivity index (χ1n) is 3.86. The third-order valence-electron chi connectivity index (χ3n) is 2.09. The first kappa shape index (κ1) is 8.14. The lowest BCUT2D eigenvalue weighted by atomic mass is 10.1. The summed E-state index contributed by atoms with van der Waals surface area (Å²) >= 11 is 6.27. The fourth-order valence-corrected chi connectivity index (χ4v) is 2.68. The van der Waals surface area contributed by atoms with Crippen LogP contribution in [0.5, 0.6) is 0 Å². The standard InChI is InChI=1S/C10H10S2/c1-6-5-7(2)10-8(9(6)11)3-4-12-10/h3-5,11H,1-2H3. The molecule has 0 aliphatic carbocycles. The number of rotatable bonds is 0. The zero-order valence-electron chi connectivity index (χ0n) is 7.09. The highest BCUT2D eigenvalue weighted by Gasteiger charge is 2.04. The van der Waals surface area contributed by atoms with Gasteiger partial charge >= 0.3 is 0 Å². The maximum Gasteiger partial charge on any atom is 0.0383 e. The van der Waals surface area contributed by atoms with E-state index in [0.29, 0.717) is 0 Å². The van der Waals surface area contributed by atoms with Crippen molar-refractivity contribution in [2.45, 2.75) is 18.7 Å². The molecule has 2 aromatic rings. The molecule has 0 fully saturated rings. The largest absolute Gasteiger partial charge is 0.143 e. The second-order valence-corrected chi connectivity index (χ2v) is 4.39. The van der Waals surface area contributed by atoms with E-state index < -0.39 is 0 Å². The average Bonchev–Trinajstić information content (AvgIpc) is 2.48. The summed E-state index contributed by atoms with van der Waals surface area (Å²) in [5.74, 6) is 0. The quantitative estimate of drug-likeness (QED) is 0.606. The van der Waals surface area contributed by atoms with Crippen molar-refractivity contribution in [3.63, 3.8) is 0 Å². The lowest BCUT2D eigenvalue weighted by molar-refractivity contribution is 1.33. The molecule has 0 unspecified atom stereocenters. The van der Waals surface area contributed by atoms with Crippen LogP contribution in [0.25, 0.3) is 10.1 Å². The van der Waals surface area contributed by atoms with Gasteiger partial charge in [-0.2, -0.15) is 0 Å². The molecular formula is C10H10S2. The molecule has 0 spiro atoms. The van der Waals surface area contributed by atoms with Gasteiger partial charge in [0.25, 0.3) is 0 Å². The van der Waals surface area contributed by atoms with E-state index in [1.807, 2.05) is 0 Å². The van der Waals surface area contributed by atoms with Crippen molar-refractivity contribution in [2.75, 3.05) is 0 Å². The predicted molar refractivity (Wildman–Crippen MR) is 58.6 cm³/mol. The fraction of sp³-hybridized carbons (Fsp3) is 0.200. The number of hydrogen-bond donors (Lipinski definition) is 1. The Kier molecular flexibility index (Phi) is 1.89. The number of thiophene rings is 1. The summed E-state index contributed by atoms with van der Waals surface area (Å²) in [5, 5.41) is 3.41. The first-order chi connectivity index (χ1) is 5.70. The Hall–Kier alpha value is -0.470. The molecule has 0 nitrogen and oxygen atoms in total. The first-order valence-corrected chi connectivity index (χ1v) is 5.19. The molecule has 0 N–H and O–H groups in total. The molecule has 2 rings (SSSR count). The van der Waals surface area contributed by atoms with Crippen molar-refractivity contribution >= 4 is 34.1 Å². The number of thiol groups is 1. The monoisotopic (exact) mass is 194 g/mol. The average molecular weight is 194 g/mol. The number of hydrogen-bond acceptors (Lipinski definition) is 2. The summed E-state index contributed by atoms with van der Waals surface area (Å²) in [4.78, 5) is 1.12. The van der Waals surface area contributed by atoms with Crippen LogP contribution in [0.2, 0.25) is 0 Å². The molecule has 0 saturated heterocycles. The fourth-order valence-electron chi connectivity index (χ4n) is 1.47. The molecule has 0 aliphatic rings. The van der Waals surface area contributed by atoms with Gasteiger partial charge in [0.1, 0.15) is 0 Å². The summed E-state index contributed by atoms with van der Waals surface area (Å²) < 4.78 is 1.37. The topological polar surface area (TPSA) is 0 Å². The number of benzene rings is 1. The maximum atomic E-state index is 4.48. The van der Waals surface area contributed by atoms with E-state index in [0.717, 1.165) is 4.90 Å². The summed E-state index contributed by atoms with van der Waals surface area (Å²) in [6.45, 7) is 4.26. The van der Waals surface area contributed by atoms with Crippen molar-refractivity contribution in [3.8, 4) is 0 Å². The van der Waals surface area contributed by atoms with Crippen molar-refractivity contribution < 1.29 is 0 Å². The van der Waals surface area contributed by atoms with Crippen molar-refractivity contribution in [3.05, 3.63) is 28.6 Å². The van der Waals surface area contributed by atoms with Crippen LogP contribution < -0.4 is 0 Å². The van der Waals surface area contributed by atoms with Crippen molar-refractivity contribution in [1.82, 2.24) is 0 Å².